The van der Waals surface area contributed by atoms with E-state index in [0.717, 1.165) is 25.8 Å². The van der Waals surface area contributed by atoms with Crippen LogP contribution in [0.3, 0.4) is 0 Å². The lowest BCUT2D eigenvalue weighted by Gasteiger charge is -2.37. The standard InChI is InChI=1S/C13H18ClN3O/c1-9(15)12-4-2-3-7-17(12)13(18)11-6-5-10(14)8-16-11/h5-6,8-9,12H,2-4,7,15H2,1H3/t9-,12-/m0/s1. The number of amides is 1. The van der Waals surface area contributed by atoms with Crippen LogP contribution in [-0.4, -0.2) is 34.4 Å². The average Bonchev–Trinajstić information content (AvgIpc) is 2.39. The van der Waals surface area contributed by atoms with E-state index in [-0.39, 0.29) is 18.0 Å². The molecule has 1 aromatic heterocycles. The minimum Gasteiger partial charge on any atom is -0.333 e. The summed E-state index contributed by atoms with van der Waals surface area (Å²) in [5.41, 5.74) is 6.40. The Morgan fingerprint density at radius 2 is 2.33 bits per heavy atom. The summed E-state index contributed by atoms with van der Waals surface area (Å²) in [6.07, 6.45) is 4.63. The Morgan fingerprint density at radius 3 is 2.94 bits per heavy atom. The molecule has 1 aromatic rings. The van der Waals surface area contributed by atoms with Crippen LogP contribution in [-0.2, 0) is 0 Å². The number of halogens is 1. The Balaban J connectivity index is 2.18. The molecule has 0 radical (unpaired) electrons. The van der Waals surface area contributed by atoms with E-state index in [2.05, 4.69) is 4.98 Å². The molecule has 1 amide bonds. The fraction of sp³-hybridized carbons (Fsp3) is 0.538. The summed E-state index contributed by atoms with van der Waals surface area (Å²) >= 11 is 5.77. The Kier molecular flexibility index (Phi) is 4.19. The predicted octanol–water partition coefficient (Wildman–Crippen LogP) is 2.08. The zero-order valence-corrected chi connectivity index (χ0v) is 11.2. The van der Waals surface area contributed by atoms with Crippen LogP contribution in [0.2, 0.25) is 5.02 Å². The first-order valence-electron chi connectivity index (χ1n) is 6.27. The first-order valence-corrected chi connectivity index (χ1v) is 6.65. The van der Waals surface area contributed by atoms with Crippen molar-refractivity contribution in [3.8, 4) is 0 Å². The summed E-state index contributed by atoms with van der Waals surface area (Å²) in [6, 6.07) is 3.45. The fourth-order valence-electron chi connectivity index (χ4n) is 2.41. The van der Waals surface area contributed by atoms with E-state index in [9.17, 15) is 4.79 Å². The van der Waals surface area contributed by atoms with Crippen LogP contribution in [0.5, 0.6) is 0 Å². The first-order chi connectivity index (χ1) is 8.59. The molecule has 4 nitrogen and oxygen atoms in total. The lowest BCUT2D eigenvalue weighted by molar-refractivity contribution is 0.0578. The Morgan fingerprint density at radius 1 is 1.56 bits per heavy atom. The van der Waals surface area contributed by atoms with Gasteiger partial charge in [0.2, 0.25) is 0 Å². The van der Waals surface area contributed by atoms with Crippen molar-refractivity contribution in [2.24, 2.45) is 5.73 Å². The SMILES string of the molecule is C[C@H](N)[C@@H]1CCCCN1C(=O)c1ccc(Cl)cn1. The molecule has 0 aliphatic carbocycles. The second-order valence-corrected chi connectivity index (χ2v) is 5.22. The van der Waals surface area contributed by atoms with Gasteiger partial charge in [-0.3, -0.25) is 4.79 Å². The van der Waals surface area contributed by atoms with Crippen molar-refractivity contribution >= 4 is 17.5 Å². The lowest BCUT2D eigenvalue weighted by Crippen LogP contribution is -2.51. The molecule has 1 saturated heterocycles. The third-order valence-electron chi connectivity index (χ3n) is 3.36. The number of piperidine rings is 1. The van der Waals surface area contributed by atoms with E-state index in [4.69, 9.17) is 17.3 Å². The number of nitrogens with zero attached hydrogens (tertiary/aromatic N) is 2. The van der Waals surface area contributed by atoms with Crippen LogP contribution in [0.25, 0.3) is 0 Å². The Labute approximate surface area is 112 Å². The van der Waals surface area contributed by atoms with Crippen LogP contribution in [0.4, 0.5) is 0 Å². The van der Waals surface area contributed by atoms with Crippen LogP contribution in [0, 0.1) is 0 Å². The first kappa shape index (κ1) is 13.3. The third-order valence-corrected chi connectivity index (χ3v) is 3.59. The van der Waals surface area contributed by atoms with Crippen molar-refractivity contribution in [1.82, 2.24) is 9.88 Å². The minimum atomic E-state index is -0.0475. The maximum Gasteiger partial charge on any atom is 0.272 e. The number of nitrogens with two attached hydrogens (primary N) is 1. The van der Waals surface area contributed by atoms with Gasteiger partial charge in [0.15, 0.2) is 0 Å². The molecule has 2 heterocycles. The van der Waals surface area contributed by atoms with Crippen molar-refractivity contribution < 1.29 is 4.79 Å². The molecule has 1 aliphatic rings. The van der Waals surface area contributed by atoms with Gasteiger partial charge in [0.1, 0.15) is 5.69 Å². The number of pyridine rings is 1. The molecular weight excluding hydrogens is 250 g/mol. The molecule has 2 atom stereocenters. The van der Waals surface area contributed by atoms with Crippen LogP contribution in [0.15, 0.2) is 18.3 Å². The van der Waals surface area contributed by atoms with E-state index in [0.29, 0.717) is 10.7 Å². The summed E-state index contributed by atoms with van der Waals surface area (Å²) in [5, 5.41) is 0.536. The maximum absolute atomic E-state index is 12.4. The number of carbonyl (C=O) groups is 1. The van der Waals surface area contributed by atoms with Crippen molar-refractivity contribution in [3.63, 3.8) is 0 Å². The molecule has 0 aromatic carbocycles. The van der Waals surface area contributed by atoms with Crippen LogP contribution >= 0.6 is 11.6 Å². The van der Waals surface area contributed by atoms with E-state index in [1.807, 2.05) is 11.8 Å². The molecule has 0 spiro atoms. The van der Waals surface area contributed by atoms with Gasteiger partial charge in [-0.05, 0) is 38.3 Å². The number of likely N-dealkylation sites (tertiary alicyclic amines) is 1. The molecule has 1 fully saturated rings. The molecule has 98 valence electrons. The van der Waals surface area contributed by atoms with Crippen LogP contribution in [0.1, 0.15) is 36.7 Å². The molecule has 2 N–H and O–H groups in total. The summed E-state index contributed by atoms with van der Waals surface area (Å²) in [6.45, 7) is 2.71. The molecule has 0 saturated carbocycles. The molecule has 0 unspecified atom stereocenters. The van der Waals surface area contributed by atoms with Gasteiger partial charge in [-0.2, -0.15) is 0 Å². The molecule has 2 rings (SSSR count). The summed E-state index contributed by atoms with van der Waals surface area (Å²) < 4.78 is 0. The zero-order chi connectivity index (χ0) is 13.1. The fourth-order valence-corrected chi connectivity index (χ4v) is 2.52. The van der Waals surface area contributed by atoms with E-state index < -0.39 is 0 Å². The predicted molar refractivity (Wildman–Crippen MR) is 71.6 cm³/mol. The highest BCUT2D eigenvalue weighted by atomic mass is 35.5. The average molecular weight is 268 g/mol. The van der Waals surface area contributed by atoms with E-state index >= 15 is 0 Å². The molecule has 0 bridgehead atoms. The normalized spacial score (nSPS) is 21.7. The van der Waals surface area contributed by atoms with E-state index in [1.165, 1.54) is 6.20 Å². The van der Waals surface area contributed by atoms with Gasteiger partial charge in [-0.15, -0.1) is 0 Å². The number of carbonyl (C=O) groups excluding carboxylic acids is 1. The number of aromatic nitrogens is 1. The van der Waals surface area contributed by atoms with Gasteiger partial charge in [0.05, 0.1) is 5.02 Å². The van der Waals surface area contributed by atoms with Gasteiger partial charge in [0.25, 0.3) is 5.91 Å². The zero-order valence-electron chi connectivity index (χ0n) is 10.5. The van der Waals surface area contributed by atoms with Gasteiger partial charge in [-0.1, -0.05) is 11.6 Å². The second-order valence-electron chi connectivity index (χ2n) is 4.78. The summed E-state index contributed by atoms with van der Waals surface area (Å²) in [7, 11) is 0. The largest absolute Gasteiger partial charge is 0.333 e. The van der Waals surface area contributed by atoms with Gasteiger partial charge in [0, 0.05) is 24.8 Å². The second kappa shape index (κ2) is 5.67. The number of hydrogen-bond acceptors (Lipinski definition) is 3. The molecule has 1 aliphatic heterocycles. The lowest BCUT2D eigenvalue weighted by atomic mass is 9.96. The monoisotopic (exact) mass is 267 g/mol. The Hall–Kier alpha value is -1.13. The molecule has 18 heavy (non-hydrogen) atoms. The highest BCUT2D eigenvalue weighted by molar-refractivity contribution is 6.30. The topological polar surface area (TPSA) is 59.2 Å². The number of hydrogen-bond donors (Lipinski definition) is 1. The van der Waals surface area contributed by atoms with Crippen LogP contribution < -0.4 is 5.73 Å². The minimum absolute atomic E-state index is 0.0125. The van der Waals surface area contributed by atoms with Crippen molar-refractivity contribution in [3.05, 3.63) is 29.0 Å². The quantitative estimate of drug-likeness (QED) is 0.892. The molecular formula is C13H18ClN3O. The van der Waals surface area contributed by atoms with Gasteiger partial charge >= 0.3 is 0 Å². The third kappa shape index (κ3) is 2.82. The van der Waals surface area contributed by atoms with Gasteiger partial charge < -0.3 is 10.6 Å². The summed E-state index contributed by atoms with van der Waals surface area (Å²) in [5.74, 6) is -0.0475. The van der Waals surface area contributed by atoms with Gasteiger partial charge in [-0.25, -0.2) is 4.98 Å². The molecule has 5 heteroatoms. The highest BCUT2D eigenvalue weighted by Crippen LogP contribution is 2.21. The number of rotatable bonds is 2. The summed E-state index contributed by atoms with van der Waals surface area (Å²) in [4.78, 5) is 18.3. The van der Waals surface area contributed by atoms with Crippen molar-refractivity contribution in [1.29, 1.82) is 0 Å². The van der Waals surface area contributed by atoms with Crippen molar-refractivity contribution in [2.45, 2.75) is 38.3 Å². The maximum atomic E-state index is 12.4. The van der Waals surface area contributed by atoms with E-state index in [1.54, 1.807) is 12.1 Å². The smallest absolute Gasteiger partial charge is 0.272 e. The van der Waals surface area contributed by atoms with Crippen molar-refractivity contribution in [2.75, 3.05) is 6.54 Å². The highest BCUT2D eigenvalue weighted by Gasteiger charge is 2.30. The Bertz CT molecular complexity index is 419.